The number of ether oxygens (including phenoxy) is 1. The lowest BCUT2D eigenvalue weighted by Gasteiger charge is -2.13. The lowest BCUT2D eigenvalue weighted by Crippen LogP contribution is -2.36. The third-order valence-electron chi connectivity index (χ3n) is 4.06. The molecule has 0 atom stereocenters. The zero-order chi connectivity index (χ0) is 20.8. The number of carbonyl (C=O) groups excluding carboxylic acids is 2. The predicted octanol–water partition coefficient (Wildman–Crippen LogP) is 2.96. The normalized spacial score (nSPS) is 10.3. The van der Waals surface area contributed by atoms with E-state index < -0.39 is 17.4 Å². The monoisotopic (exact) mass is 385 g/mol. The molecule has 8 nitrogen and oxygen atoms in total. The van der Waals surface area contributed by atoms with Crippen LogP contribution in [0.3, 0.4) is 0 Å². The molecule has 0 bridgehead atoms. The number of rotatable bonds is 7. The zero-order valence-electron chi connectivity index (χ0n) is 16.3. The number of nitrogens with zero attached hydrogens (tertiary/aromatic N) is 1. The van der Waals surface area contributed by atoms with Gasteiger partial charge in [-0.1, -0.05) is 23.8 Å². The summed E-state index contributed by atoms with van der Waals surface area (Å²) < 4.78 is 5.23. The molecular weight excluding hydrogens is 362 g/mol. The molecular formula is C20H23N3O5. The summed E-state index contributed by atoms with van der Waals surface area (Å²) >= 11 is 0. The first kappa shape index (κ1) is 20.9. The molecule has 0 radical (unpaired) electrons. The summed E-state index contributed by atoms with van der Waals surface area (Å²) in [5, 5.41) is 16.3. The molecule has 0 saturated heterocycles. The Morgan fingerprint density at radius 3 is 2.25 bits per heavy atom. The third kappa shape index (κ3) is 5.54. The molecule has 28 heavy (non-hydrogen) atoms. The van der Waals surface area contributed by atoms with Gasteiger partial charge in [0.15, 0.2) is 12.4 Å². The topological polar surface area (TPSA) is 111 Å². The Kier molecular flexibility index (Phi) is 6.70. The van der Waals surface area contributed by atoms with E-state index in [1.54, 1.807) is 13.0 Å². The third-order valence-corrected chi connectivity index (χ3v) is 4.06. The van der Waals surface area contributed by atoms with E-state index >= 15 is 0 Å². The Labute approximate surface area is 163 Å². The highest BCUT2D eigenvalue weighted by Crippen LogP contribution is 2.27. The fourth-order valence-corrected chi connectivity index (χ4v) is 2.83. The van der Waals surface area contributed by atoms with Gasteiger partial charge in [0.05, 0.1) is 11.5 Å². The SMILES string of the molecule is Cc1cc(C)c(NC(=O)CNC(=O)COc2ccc(C)cc2[N+](=O)[O-])c(C)c1. The van der Waals surface area contributed by atoms with Crippen LogP contribution < -0.4 is 15.4 Å². The Hall–Kier alpha value is -3.42. The van der Waals surface area contributed by atoms with E-state index in [4.69, 9.17) is 4.74 Å². The first-order valence-electron chi connectivity index (χ1n) is 8.69. The van der Waals surface area contributed by atoms with E-state index in [0.29, 0.717) is 5.56 Å². The summed E-state index contributed by atoms with van der Waals surface area (Å²) in [6.07, 6.45) is 0. The maximum Gasteiger partial charge on any atom is 0.311 e. The summed E-state index contributed by atoms with van der Waals surface area (Å²) in [6, 6.07) is 8.39. The molecule has 8 heteroatoms. The quantitative estimate of drug-likeness (QED) is 0.562. The second-order valence-electron chi connectivity index (χ2n) is 6.62. The summed E-state index contributed by atoms with van der Waals surface area (Å²) in [7, 11) is 0. The van der Waals surface area contributed by atoms with Crippen molar-refractivity contribution in [2.45, 2.75) is 27.7 Å². The van der Waals surface area contributed by atoms with E-state index in [1.807, 2.05) is 32.9 Å². The first-order chi connectivity index (χ1) is 13.2. The Morgan fingerprint density at radius 2 is 1.64 bits per heavy atom. The Morgan fingerprint density at radius 1 is 1.00 bits per heavy atom. The maximum absolute atomic E-state index is 12.1. The number of hydrogen-bond donors (Lipinski definition) is 2. The zero-order valence-corrected chi connectivity index (χ0v) is 16.3. The van der Waals surface area contributed by atoms with E-state index in [-0.39, 0.29) is 23.9 Å². The van der Waals surface area contributed by atoms with Crippen molar-refractivity contribution < 1.29 is 19.2 Å². The smallest absolute Gasteiger partial charge is 0.311 e. The average Bonchev–Trinajstić information content (AvgIpc) is 2.61. The standard InChI is InChI=1S/C20H23N3O5/c1-12-5-6-17(16(9-12)23(26)27)28-11-19(25)21-10-18(24)22-20-14(3)7-13(2)8-15(20)4/h5-9H,10-11H2,1-4H3,(H,21,25)(H,22,24). The van der Waals surface area contributed by atoms with Crippen LogP contribution in [0.2, 0.25) is 0 Å². The molecule has 2 aromatic rings. The van der Waals surface area contributed by atoms with Crippen LogP contribution >= 0.6 is 0 Å². The number of carbonyl (C=O) groups is 2. The number of amides is 2. The van der Waals surface area contributed by atoms with Crippen LogP contribution in [0.4, 0.5) is 11.4 Å². The number of benzene rings is 2. The van der Waals surface area contributed by atoms with Crippen LogP contribution in [-0.2, 0) is 9.59 Å². The average molecular weight is 385 g/mol. The number of nitro groups is 1. The van der Waals surface area contributed by atoms with Crippen molar-refractivity contribution in [1.29, 1.82) is 0 Å². The minimum Gasteiger partial charge on any atom is -0.477 e. The highest BCUT2D eigenvalue weighted by molar-refractivity contribution is 5.95. The van der Waals surface area contributed by atoms with Crippen LogP contribution in [0.25, 0.3) is 0 Å². The van der Waals surface area contributed by atoms with Crippen molar-refractivity contribution in [3.05, 3.63) is 62.7 Å². The van der Waals surface area contributed by atoms with Crippen molar-refractivity contribution in [3.63, 3.8) is 0 Å². The minimum absolute atomic E-state index is 0.00102. The van der Waals surface area contributed by atoms with Gasteiger partial charge in [0.25, 0.3) is 5.91 Å². The summed E-state index contributed by atoms with van der Waals surface area (Å²) in [5.41, 5.74) is 4.19. The molecule has 2 aromatic carbocycles. The van der Waals surface area contributed by atoms with Crippen LogP contribution in [0.15, 0.2) is 30.3 Å². The molecule has 2 N–H and O–H groups in total. The minimum atomic E-state index is -0.570. The first-order valence-corrected chi connectivity index (χ1v) is 8.69. The van der Waals surface area contributed by atoms with Crippen LogP contribution in [0.1, 0.15) is 22.3 Å². The molecule has 0 aliphatic heterocycles. The van der Waals surface area contributed by atoms with E-state index in [1.165, 1.54) is 12.1 Å². The molecule has 2 rings (SSSR count). The highest BCUT2D eigenvalue weighted by Gasteiger charge is 2.16. The van der Waals surface area contributed by atoms with Gasteiger partial charge in [0.1, 0.15) is 0 Å². The molecule has 0 spiro atoms. The van der Waals surface area contributed by atoms with E-state index in [2.05, 4.69) is 10.6 Å². The predicted molar refractivity (Wildman–Crippen MR) is 106 cm³/mol. The van der Waals surface area contributed by atoms with Crippen LogP contribution in [-0.4, -0.2) is 29.9 Å². The van der Waals surface area contributed by atoms with Crippen LogP contribution in [0.5, 0.6) is 5.75 Å². The lowest BCUT2D eigenvalue weighted by molar-refractivity contribution is -0.385. The number of nitro benzene ring substituents is 1. The molecule has 0 aliphatic rings. The summed E-state index contributed by atoms with van der Waals surface area (Å²) in [6.45, 7) is 6.83. The highest BCUT2D eigenvalue weighted by atomic mass is 16.6. The van der Waals surface area contributed by atoms with Gasteiger partial charge < -0.3 is 15.4 Å². The van der Waals surface area contributed by atoms with E-state index in [9.17, 15) is 19.7 Å². The van der Waals surface area contributed by atoms with Gasteiger partial charge >= 0.3 is 5.69 Å². The van der Waals surface area contributed by atoms with Crippen molar-refractivity contribution >= 4 is 23.2 Å². The molecule has 0 aliphatic carbocycles. The second kappa shape index (κ2) is 8.98. The Balaban J connectivity index is 1.88. The molecule has 148 valence electrons. The van der Waals surface area contributed by atoms with Gasteiger partial charge in [-0.15, -0.1) is 0 Å². The van der Waals surface area contributed by atoms with Crippen molar-refractivity contribution in [1.82, 2.24) is 5.32 Å². The lowest BCUT2D eigenvalue weighted by atomic mass is 10.1. The van der Waals surface area contributed by atoms with Crippen LogP contribution in [0, 0.1) is 37.8 Å². The van der Waals surface area contributed by atoms with E-state index in [0.717, 1.165) is 22.4 Å². The number of aryl methyl sites for hydroxylation is 4. The summed E-state index contributed by atoms with van der Waals surface area (Å²) in [4.78, 5) is 34.5. The number of nitrogens with one attached hydrogen (secondary N) is 2. The number of hydrogen-bond acceptors (Lipinski definition) is 5. The van der Waals surface area contributed by atoms with Gasteiger partial charge in [-0.2, -0.15) is 0 Å². The van der Waals surface area contributed by atoms with Crippen molar-refractivity contribution in [2.24, 2.45) is 0 Å². The van der Waals surface area contributed by atoms with Gasteiger partial charge in [-0.3, -0.25) is 19.7 Å². The fraction of sp³-hybridized carbons (Fsp3) is 0.300. The molecule has 2 amide bonds. The molecule has 0 heterocycles. The Bertz CT molecular complexity index is 901. The summed E-state index contributed by atoms with van der Waals surface area (Å²) in [5.74, 6) is -0.923. The fourth-order valence-electron chi connectivity index (χ4n) is 2.83. The largest absolute Gasteiger partial charge is 0.477 e. The molecule has 0 unspecified atom stereocenters. The van der Waals surface area contributed by atoms with Gasteiger partial charge in [0, 0.05) is 11.8 Å². The number of anilines is 1. The van der Waals surface area contributed by atoms with Crippen molar-refractivity contribution in [2.75, 3.05) is 18.5 Å². The molecule has 0 aromatic heterocycles. The molecule has 0 fully saturated rings. The second-order valence-corrected chi connectivity index (χ2v) is 6.62. The van der Waals surface area contributed by atoms with Crippen molar-refractivity contribution in [3.8, 4) is 5.75 Å². The van der Waals surface area contributed by atoms with Gasteiger partial charge in [0.2, 0.25) is 5.91 Å². The molecule has 0 saturated carbocycles. The maximum atomic E-state index is 12.1. The van der Waals surface area contributed by atoms with Gasteiger partial charge in [-0.05, 0) is 50.5 Å². The van der Waals surface area contributed by atoms with Gasteiger partial charge in [-0.25, -0.2) is 0 Å².